The van der Waals surface area contributed by atoms with Crippen LogP contribution in [0.3, 0.4) is 0 Å². The molecule has 2 aromatic carbocycles. The molecule has 224 valence electrons. The number of carboxylic acid groups (broad SMARTS) is 1. The number of ether oxygens (including phenoxy) is 2. The Morgan fingerprint density at radius 2 is 1.93 bits per heavy atom. The van der Waals surface area contributed by atoms with Crippen LogP contribution < -0.4 is 4.74 Å². The van der Waals surface area contributed by atoms with Crippen molar-refractivity contribution >= 4 is 27.9 Å². The van der Waals surface area contributed by atoms with E-state index in [1.165, 1.54) is 0 Å². The Morgan fingerprint density at radius 1 is 1.09 bits per heavy atom. The van der Waals surface area contributed by atoms with Crippen LogP contribution in [0.2, 0.25) is 0 Å². The van der Waals surface area contributed by atoms with E-state index >= 15 is 0 Å². The van der Waals surface area contributed by atoms with Gasteiger partial charge in [-0.2, -0.15) is 10.4 Å². The van der Waals surface area contributed by atoms with Gasteiger partial charge in [0.1, 0.15) is 18.5 Å². The molecule has 5 heterocycles. The number of carbonyl (C=O) groups is 1. The lowest BCUT2D eigenvalue weighted by Gasteiger charge is -2.32. The molecule has 2 aliphatic rings. The molecule has 11 nitrogen and oxygen atoms in total. The second kappa shape index (κ2) is 11.7. The molecule has 2 saturated heterocycles. The van der Waals surface area contributed by atoms with Crippen molar-refractivity contribution in [3.8, 4) is 11.9 Å². The highest BCUT2D eigenvalue weighted by molar-refractivity contribution is 5.92. The Balaban J connectivity index is 0.999. The van der Waals surface area contributed by atoms with Gasteiger partial charge in [-0.1, -0.05) is 12.1 Å². The van der Waals surface area contributed by atoms with Gasteiger partial charge in [0.25, 0.3) is 0 Å². The second-order valence-corrected chi connectivity index (χ2v) is 11.6. The monoisotopic (exact) mass is 591 g/mol. The van der Waals surface area contributed by atoms with Crippen LogP contribution in [0.1, 0.15) is 58.3 Å². The van der Waals surface area contributed by atoms with Crippen LogP contribution in [0.25, 0.3) is 21.9 Å². The summed E-state index contributed by atoms with van der Waals surface area (Å²) in [5.74, 6) is 0.941. The maximum atomic E-state index is 11.6. The lowest BCUT2D eigenvalue weighted by atomic mass is 9.93. The number of nitriles is 1. The number of carboxylic acids is 1. The number of imidazole rings is 1. The molecule has 5 aromatic rings. The van der Waals surface area contributed by atoms with Crippen LogP contribution in [0.5, 0.6) is 5.88 Å². The Hall–Kier alpha value is -4.79. The smallest absolute Gasteiger partial charge is 0.335 e. The molecule has 0 radical (unpaired) electrons. The predicted octanol–water partition coefficient (Wildman–Crippen LogP) is 4.64. The van der Waals surface area contributed by atoms with Crippen molar-refractivity contribution < 1.29 is 19.4 Å². The van der Waals surface area contributed by atoms with Crippen molar-refractivity contribution in [2.24, 2.45) is 7.05 Å². The molecule has 0 aliphatic carbocycles. The van der Waals surface area contributed by atoms with Crippen molar-refractivity contribution in [3.05, 3.63) is 82.9 Å². The van der Waals surface area contributed by atoms with Crippen molar-refractivity contribution in [2.45, 2.75) is 51.0 Å². The van der Waals surface area contributed by atoms with Crippen LogP contribution in [0, 0.1) is 11.3 Å². The standard InChI is InChI=1S/C33H33N7O4/c1-38-29-15-21(5-7-25(29)28(17-34)37-38)20-44-32-4-2-3-26(36-32)22-9-12-39(13-10-22)19-31-35-27-8-6-23(33(41)42)16-30(27)40(31)18-24-11-14-43-24/h2-8,15-16,22,24H,9-14,18-20H2,1H3,(H,41,42). The second-order valence-electron chi connectivity index (χ2n) is 11.6. The number of fused-ring (bicyclic) bond motifs is 2. The van der Waals surface area contributed by atoms with Crippen molar-refractivity contribution in [3.63, 3.8) is 0 Å². The summed E-state index contributed by atoms with van der Waals surface area (Å²) in [4.78, 5) is 23.8. The van der Waals surface area contributed by atoms with Crippen LogP contribution in [-0.4, -0.2) is 66.1 Å². The number of pyridine rings is 1. The Kier molecular flexibility index (Phi) is 7.46. The third kappa shape index (κ3) is 5.50. The molecular formula is C33H33N7O4. The van der Waals surface area contributed by atoms with Gasteiger partial charge in [0, 0.05) is 36.7 Å². The average Bonchev–Trinajstić information content (AvgIpc) is 3.53. The molecule has 11 heteroatoms. The normalized spacial score (nSPS) is 17.5. The zero-order chi connectivity index (χ0) is 30.2. The third-order valence-electron chi connectivity index (χ3n) is 8.78. The first-order chi connectivity index (χ1) is 21.4. The lowest BCUT2D eigenvalue weighted by Crippen LogP contribution is -2.35. The number of aromatic nitrogens is 5. The summed E-state index contributed by atoms with van der Waals surface area (Å²) in [6, 6.07) is 19.1. The van der Waals surface area contributed by atoms with Gasteiger partial charge in [0.15, 0.2) is 5.69 Å². The van der Waals surface area contributed by atoms with Crippen molar-refractivity contribution in [2.75, 3.05) is 19.7 Å². The summed E-state index contributed by atoms with van der Waals surface area (Å²) in [6.07, 6.45) is 3.09. The Labute approximate surface area is 254 Å². The number of aromatic carboxylic acids is 1. The van der Waals surface area contributed by atoms with Gasteiger partial charge in [-0.05, 0) is 74.3 Å². The van der Waals surface area contributed by atoms with Gasteiger partial charge in [-0.3, -0.25) is 9.58 Å². The molecule has 3 aromatic heterocycles. The van der Waals surface area contributed by atoms with Crippen LogP contribution in [0.4, 0.5) is 0 Å². The molecule has 7 rings (SSSR count). The molecule has 0 spiro atoms. The average molecular weight is 592 g/mol. The minimum Gasteiger partial charge on any atom is -0.478 e. The summed E-state index contributed by atoms with van der Waals surface area (Å²) in [6.45, 7) is 4.35. The molecule has 2 fully saturated rings. The summed E-state index contributed by atoms with van der Waals surface area (Å²) in [7, 11) is 1.83. The van der Waals surface area contributed by atoms with Gasteiger partial charge in [0.2, 0.25) is 5.88 Å². The number of hydrogen-bond acceptors (Lipinski definition) is 8. The van der Waals surface area contributed by atoms with E-state index in [4.69, 9.17) is 19.4 Å². The summed E-state index contributed by atoms with van der Waals surface area (Å²) in [5.41, 5.74) is 5.27. The Morgan fingerprint density at radius 3 is 2.68 bits per heavy atom. The zero-order valence-corrected chi connectivity index (χ0v) is 24.5. The van der Waals surface area contributed by atoms with Gasteiger partial charge in [0.05, 0.1) is 41.3 Å². The zero-order valence-electron chi connectivity index (χ0n) is 24.5. The van der Waals surface area contributed by atoms with Crippen LogP contribution in [0.15, 0.2) is 54.6 Å². The minimum atomic E-state index is -0.937. The molecule has 0 saturated carbocycles. The number of piperidine rings is 1. The van der Waals surface area contributed by atoms with E-state index in [1.54, 1.807) is 22.9 Å². The van der Waals surface area contributed by atoms with E-state index in [1.807, 2.05) is 37.4 Å². The fourth-order valence-corrected chi connectivity index (χ4v) is 6.22. The molecule has 1 unspecified atom stereocenters. The maximum Gasteiger partial charge on any atom is 0.335 e. The predicted molar refractivity (Wildman–Crippen MR) is 162 cm³/mol. The topological polar surface area (TPSA) is 131 Å². The molecule has 44 heavy (non-hydrogen) atoms. The molecule has 0 bridgehead atoms. The molecule has 1 atom stereocenters. The van der Waals surface area contributed by atoms with E-state index in [0.29, 0.717) is 37.2 Å². The fraction of sp³-hybridized carbons (Fsp3) is 0.364. The Bertz CT molecular complexity index is 1890. The maximum absolute atomic E-state index is 11.6. The first-order valence-electron chi connectivity index (χ1n) is 15.0. The summed E-state index contributed by atoms with van der Waals surface area (Å²) < 4.78 is 15.7. The molecule has 0 amide bonds. The highest BCUT2D eigenvalue weighted by Crippen LogP contribution is 2.30. The highest BCUT2D eigenvalue weighted by atomic mass is 16.5. The number of rotatable bonds is 9. The molecular weight excluding hydrogens is 558 g/mol. The number of likely N-dealkylation sites (tertiary alicyclic amines) is 1. The van der Waals surface area contributed by atoms with Gasteiger partial charge >= 0.3 is 5.97 Å². The molecule has 2 aliphatic heterocycles. The fourth-order valence-electron chi connectivity index (χ4n) is 6.22. The highest BCUT2D eigenvalue weighted by Gasteiger charge is 2.26. The molecule has 1 N–H and O–H groups in total. The van der Waals surface area contributed by atoms with E-state index in [0.717, 1.165) is 78.0 Å². The summed E-state index contributed by atoms with van der Waals surface area (Å²) >= 11 is 0. The minimum absolute atomic E-state index is 0.139. The number of benzene rings is 2. The van der Waals surface area contributed by atoms with Crippen LogP contribution >= 0.6 is 0 Å². The first kappa shape index (κ1) is 28.0. The SMILES string of the molecule is Cn1nc(C#N)c2ccc(COc3cccc(C4CCN(Cc5nc6ccc(C(=O)O)cc6n5CC5CCO5)CC4)n3)cc21. The van der Waals surface area contributed by atoms with E-state index in [2.05, 4.69) is 26.7 Å². The van der Waals surface area contributed by atoms with Gasteiger partial charge < -0.3 is 19.1 Å². The quantitative estimate of drug-likeness (QED) is 0.261. The first-order valence-corrected chi connectivity index (χ1v) is 15.0. The lowest BCUT2D eigenvalue weighted by molar-refractivity contribution is -0.0592. The summed E-state index contributed by atoms with van der Waals surface area (Å²) in [5, 5.41) is 23.9. The van der Waals surface area contributed by atoms with Crippen LogP contribution in [-0.2, 0) is 31.5 Å². The third-order valence-corrected chi connectivity index (χ3v) is 8.78. The van der Waals surface area contributed by atoms with Crippen molar-refractivity contribution in [1.82, 2.24) is 29.2 Å². The van der Waals surface area contributed by atoms with Gasteiger partial charge in [-0.25, -0.2) is 14.8 Å². The van der Waals surface area contributed by atoms with Gasteiger partial charge in [-0.15, -0.1) is 0 Å². The number of nitrogens with zero attached hydrogens (tertiary/aromatic N) is 7. The largest absolute Gasteiger partial charge is 0.478 e. The van der Waals surface area contributed by atoms with E-state index in [-0.39, 0.29) is 11.7 Å². The van der Waals surface area contributed by atoms with Crippen molar-refractivity contribution in [1.29, 1.82) is 5.26 Å². The number of hydrogen-bond donors (Lipinski definition) is 1. The van der Waals surface area contributed by atoms with E-state index in [9.17, 15) is 15.2 Å². The van der Waals surface area contributed by atoms with E-state index < -0.39 is 5.97 Å². The number of aryl methyl sites for hydroxylation is 1.